The third-order valence-electron chi connectivity index (χ3n) is 4.60. The molecule has 2 heterocycles. The van der Waals surface area contributed by atoms with Crippen LogP contribution in [-0.4, -0.2) is 47.9 Å². The quantitative estimate of drug-likeness (QED) is 0.920. The molecule has 0 bridgehead atoms. The highest BCUT2D eigenvalue weighted by atomic mass is 32.2. The molecule has 1 aliphatic heterocycles. The van der Waals surface area contributed by atoms with E-state index in [4.69, 9.17) is 4.74 Å². The largest absolute Gasteiger partial charge is 0.494 e. The zero-order valence-corrected chi connectivity index (χ0v) is 14.8. The van der Waals surface area contributed by atoms with Crippen molar-refractivity contribution in [2.45, 2.75) is 18.4 Å². The minimum absolute atomic E-state index is 0.561. The molecule has 5 nitrogen and oxygen atoms in total. The van der Waals surface area contributed by atoms with Gasteiger partial charge in [0.15, 0.2) is 0 Å². The molecule has 0 atom stereocenters. The highest BCUT2D eigenvalue weighted by molar-refractivity contribution is 7.98. The number of thioether (sulfide) groups is 1. The Balaban J connectivity index is 2.02. The molecule has 0 radical (unpaired) electrons. The monoisotopic (exact) mass is 343 g/mol. The lowest BCUT2D eigenvalue weighted by Crippen LogP contribution is -2.46. The fourth-order valence-corrected chi connectivity index (χ4v) is 4.15. The van der Waals surface area contributed by atoms with Gasteiger partial charge < -0.3 is 14.7 Å². The number of benzene rings is 1. The van der Waals surface area contributed by atoms with Crippen molar-refractivity contribution in [1.82, 2.24) is 4.98 Å². The lowest BCUT2D eigenvalue weighted by Gasteiger charge is -2.39. The van der Waals surface area contributed by atoms with Gasteiger partial charge >= 0.3 is 0 Å². The first-order valence-corrected chi connectivity index (χ1v) is 9.33. The Morgan fingerprint density at radius 3 is 2.79 bits per heavy atom. The molecule has 0 amide bonds. The molecule has 1 fully saturated rings. The molecule has 126 valence electrons. The first-order valence-electron chi connectivity index (χ1n) is 7.94. The van der Waals surface area contributed by atoms with E-state index in [0.29, 0.717) is 24.2 Å². The average Bonchev–Trinajstić information content (AvgIpc) is 2.61. The lowest BCUT2D eigenvalue weighted by atomic mass is 9.92. The number of aliphatic hydroxyl groups is 1. The smallest absolute Gasteiger partial charge is 0.145 e. The van der Waals surface area contributed by atoms with Crippen LogP contribution in [0.1, 0.15) is 18.4 Å². The molecular formula is C18H21N3O2S. The first kappa shape index (κ1) is 16.9. The second-order valence-electron chi connectivity index (χ2n) is 6.13. The molecule has 0 aliphatic carbocycles. The molecule has 0 spiro atoms. The van der Waals surface area contributed by atoms with Crippen LogP contribution < -0.4 is 9.64 Å². The van der Waals surface area contributed by atoms with Gasteiger partial charge in [0, 0.05) is 30.4 Å². The molecule has 6 heteroatoms. The summed E-state index contributed by atoms with van der Waals surface area (Å²) in [6.07, 6.45) is 5.03. The van der Waals surface area contributed by atoms with Crippen molar-refractivity contribution in [2.75, 3.05) is 37.1 Å². The van der Waals surface area contributed by atoms with Crippen molar-refractivity contribution in [1.29, 1.82) is 5.26 Å². The van der Waals surface area contributed by atoms with Gasteiger partial charge in [-0.05, 0) is 25.2 Å². The molecule has 24 heavy (non-hydrogen) atoms. The lowest BCUT2D eigenvalue weighted by molar-refractivity contribution is 0.0401. The molecule has 1 N–H and O–H groups in total. The second-order valence-corrected chi connectivity index (χ2v) is 7.00. The van der Waals surface area contributed by atoms with E-state index >= 15 is 0 Å². The Morgan fingerprint density at radius 1 is 1.42 bits per heavy atom. The maximum absolute atomic E-state index is 10.6. The minimum Gasteiger partial charge on any atom is -0.494 e. The number of fused-ring (bicyclic) bond motifs is 1. The standard InChI is InChI=1S/C18H21N3O2S/c1-23-15-5-3-4-14-16(15)20-11-13(10-19)17(14)21-8-6-18(22,7-9-21)12-24-2/h3-5,11,22H,6-9,12H2,1-2H3. The van der Waals surface area contributed by atoms with E-state index in [1.807, 2.05) is 24.5 Å². The van der Waals surface area contributed by atoms with Crippen molar-refractivity contribution in [3.05, 3.63) is 30.0 Å². The fourth-order valence-electron chi connectivity index (χ4n) is 3.33. The van der Waals surface area contributed by atoms with Crippen LogP contribution in [0.2, 0.25) is 0 Å². The van der Waals surface area contributed by atoms with Crippen LogP contribution in [0.25, 0.3) is 10.9 Å². The van der Waals surface area contributed by atoms with Crippen LogP contribution in [-0.2, 0) is 0 Å². The Bertz CT molecular complexity index is 780. The summed E-state index contributed by atoms with van der Waals surface area (Å²) >= 11 is 1.67. The number of piperidine rings is 1. The highest BCUT2D eigenvalue weighted by Crippen LogP contribution is 2.36. The van der Waals surface area contributed by atoms with Gasteiger partial charge in [-0.3, -0.25) is 4.98 Å². The average molecular weight is 343 g/mol. The molecule has 0 saturated carbocycles. The topological polar surface area (TPSA) is 69.4 Å². The van der Waals surface area contributed by atoms with Gasteiger partial charge in [-0.2, -0.15) is 17.0 Å². The van der Waals surface area contributed by atoms with Crippen molar-refractivity contribution in [3.63, 3.8) is 0 Å². The van der Waals surface area contributed by atoms with Crippen LogP contribution >= 0.6 is 11.8 Å². The van der Waals surface area contributed by atoms with Crippen LogP contribution in [0.15, 0.2) is 24.4 Å². The Kier molecular flexibility index (Phi) is 4.83. The number of pyridine rings is 1. The van der Waals surface area contributed by atoms with Gasteiger partial charge in [-0.15, -0.1) is 0 Å². The SMILES string of the molecule is COc1cccc2c(N3CCC(O)(CSC)CC3)c(C#N)cnc12. The van der Waals surface area contributed by atoms with E-state index in [1.165, 1.54) is 0 Å². The predicted molar refractivity (Wildman–Crippen MR) is 97.8 cm³/mol. The number of rotatable bonds is 4. The minimum atomic E-state index is -0.608. The van der Waals surface area contributed by atoms with E-state index in [0.717, 1.165) is 35.4 Å². The molecule has 1 saturated heterocycles. The number of aromatic nitrogens is 1. The van der Waals surface area contributed by atoms with Crippen molar-refractivity contribution in [2.24, 2.45) is 0 Å². The first-order chi connectivity index (χ1) is 11.6. The predicted octanol–water partition coefficient (Wildman–Crippen LogP) is 2.81. The van der Waals surface area contributed by atoms with Gasteiger partial charge in [0.05, 0.1) is 24.0 Å². The van der Waals surface area contributed by atoms with Crippen molar-refractivity contribution in [3.8, 4) is 11.8 Å². The summed E-state index contributed by atoms with van der Waals surface area (Å²) in [7, 11) is 1.62. The third kappa shape index (κ3) is 3.02. The van der Waals surface area contributed by atoms with Gasteiger partial charge in [0.25, 0.3) is 0 Å². The number of anilines is 1. The van der Waals surface area contributed by atoms with Gasteiger partial charge in [0.2, 0.25) is 0 Å². The number of ether oxygens (including phenoxy) is 1. The number of methoxy groups -OCH3 is 1. The third-order valence-corrected chi connectivity index (χ3v) is 5.42. The zero-order chi connectivity index (χ0) is 17.2. The number of para-hydroxylation sites is 1. The van der Waals surface area contributed by atoms with Crippen molar-refractivity contribution < 1.29 is 9.84 Å². The number of nitriles is 1. The summed E-state index contributed by atoms with van der Waals surface area (Å²) < 4.78 is 5.40. The summed E-state index contributed by atoms with van der Waals surface area (Å²) in [5.74, 6) is 1.45. The highest BCUT2D eigenvalue weighted by Gasteiger charge is 2.33. The summed E-state index contributed by atoms with van der Waals surface area (Å²) in [4.78, 5) is 6.60. The number of hydrogen-bond acceptors (Lipinski definition) is 6. The van der Waals surface area contributed by atoms with Crippen LogP contribution in [0.3, 0.4) is 0 Å². The van der Waals surface area contributed by atoms with E-state index in [1.54, 1.807) is 25.1 Å². The summed E-state index contributed by atoms with van der Waals surface area (Å²) in [5.41, 5.74) is 1.61. The Labute approximate surface area is 146 Å². The molecule has 1 aromatic carbocycles. The molecular weight excluding hydrogens is 322 g/mol. The zero-order valence-electron chi connectivity index (χ0n) is 14.0. The molecule has 1 aliphatic rings. The fraction of sp³-hybridized carbons (Fsp3) is 0.444. The summed E-state index contributed by atoms with van der Waals surface area (Å²) in [6.45, 7) is 1.45. The van der Waals surface area contributed by atoms with E-state index in [2.05, 4.69) is 16.0 Å². The van der Waals surface area contributed by atoms with Crippen LogP contribution in [0.4, 0.5) is 5.69 Å². The maximum Gasteiger partial charge on any atom is 0.145 e. The molecule has 2 aromatic rings. The summed E-state index contributed by atoms with van der Waals surface area (Å²) in [5, 5.41) is 21.1. The normalized spacial score (nSPS) is 16.8. The Morgan fingerprint density at radius 2 is 2.17 bits per heavy atom. The van der Waals surface area contributed by atoms with E-state index in [9.17, 15) is 10.4 Å². The van der Waals surface area contributed by atoms with E-state index in [-0.39, 0.29) is 0 Å². The summed E-state index contributed by atoms with van der Waals surface area (Å²) in [6, 6.07) is 8.02. The van der Waals surface area contributed by atoms with Gasteiger partial charge in [0.1, 0.15) is 17.3 Å². The number of nitrogens with zero attached hydrogens (tertiary/aromatic N) is 3. The molecule has 3 rings (SSSR count). The van der Waals surface area contributed by atoms with Crippen LogP contribution in [0.5, 0.6) is 5.75 Å². The van der Waals surface area contributed by atoms with E-state index < -0.39 is 5.60 Å². The van der Waals surface area contributed by atoms with Crippen molar-refractivity contribution >= 4 is 28.4 Å². The molecule has 0 unspecified atom stereocenters. The van der Waals surface area contributed by atoms with Gasteiger partial charge in [-0.1, -0.05) is 12.1 Å². The second kappa shape index (κ2) is 6.88. The number of hydrogen-bond donors (Lipinski definition) is 1. The Hall–Kier alpha value is -1.97. The molecule has 1 aromatic heterocycles. The maximum atomic E-state index is 10.6. The van der Waals surface area contributed by atoms with Gasteiger partial charge in [-0.25, -0.2) is 0 Å². The van der Waals surface area contributed by atoms with Crippen LogP contribution in [0, 0.1) is 11.3 Å².